The summed E-state index contributed by atoms with van der Waals surface area (Å²) in [6.45, 7) is 5.07. The predicted molar refractivity (Wildman–Crippen MR) is 73.1 cm³/mol. The molecule has 0 radical (unpaired) electrons. The number of nitrogens with zero attached hydrogens (tertiary/aromatic N) is 2. The fourth-order valence-electron chi connectivity index (χ4n) is 1.60. The van der Waals surface area contributed by atoms with Crippen molar-refractivity contribution in [2.75, 3.05) is 5.73 Å². The van der Waals surface area contributed by atoms with Crippen LogP contribution in [0.15, 0.2) is 35.5 Å². The molecule has 4 heteroatoms. The van der Waals surface area contributed by atoms with Crippen LogP contribution in [0, 0.1) is 6.92 Å². The summed E-state index contributed by atoms with van der Waals surface area (Å²) < 4.78 is 1.95. The first-order chi connectivity index (χ1) is 8.20. The summed E-state index contributed by atoms with van der Waals surface area (Å²) in [6.07, 6.45) is 4.02. The van der Waals surface area contributed by atoms with Gasteiger partial charge in [-0.15, -0.1) is 11.8 Å². The van der Waals surface area contributed by atoms with Crippen molar-refractivity contribution < 1.29 is 0 Å². The Bertz CT molecular complexity index is 505. The molecule has 0 saturated carbocycles. The van der Waals surface area contributed by atoms with E-state index in [-0.39, 0.29) is 0 Å². The second-order valence-electron chi connectivity index (χ2n) is 3.96. The minimum Gasteiger partial charge on any atom is -0.398 e. The molecule has 0 aliphatic carbocycles. The predicted octanol–water partition coefficient (Wildman–Crippen LogP) is 3.09. The Morgan fingerprint density at radius 2 is 2.24 bits per heavy atom. The summed E-state index contributed by atoms with van der Waals surface area (Å²) in [5.41, 5.74) is 9.16. The van der Waals surface area contributed by atoms with Crippen molar-refractivity contribution in [3.8, 4) is 0 Å². The molecule has 90 valence electrons. The van der Waals surface area contributed by atoms with E-state index in [1.54, 1.807) is 11.8 Å². The minimum absolute atomic E-state index is 0.860. The molecule has 0 bridgehead atoms. The van der Waals surface area contributed by atoms with Crippen molar-refractivity contribution in [2.24, 2.45) is 0 Å². The zero-order valence-corrected chi connectivity index (χ0v) is 11.0. The largest absolute Gasteiger partial charge is 0.398 e. The molecule has 2 aromatic rings. The molecule has 0 fully saturated rings. The van der Waals surface area contributed by atoms with Crippen molar-refractivity contribution in [1.82, 2.24) is 9.78 Å². The lowest BCUT2D eigenvalue weighted by Gasteiger charge is -2.06. The van der Waals surface area contributed by atoms with Crippen molar-refractivity contribution in [3.05, 3.63) is 41.7 Å². The molecule has 0 aliphatic rings. The molecule has 2 rings (SSSR count). The Labute approximate surface area is 106 Å². The number of rotatable bonds is 4. The zero-order valence-electron chi connectivity index (χ0n) is 10.2. The Kier molecular flexibility index (Phi) is 3.74. The summed E-state index contributed by atoms with van der Waals surface area (Å²) in [6, 6.07) is 6.05. The van der Waals surface area contributed by atoms with Crippen LogP contribution in [0.2, 0.25) is 0 Å². The number of hydrogen-bond donors (Lipinski definition) is 1. The molecule has 17 heavy (non-hydrogen) atoms. The lowest BCUT2D eigenvalue weighted by molar-refractivity contribution is 0.659. The van der Waals surface area contributed by atoms with E-state index >= 15 is 0 Å². The highest BCUT2D eigenvalue weighted by molar-refractivity contribution is 7.98. The molecule has 1 aromatic heterocycles. The van der Waals surface area contributed by atoms with Crippen molar-refractivity contribution >= 4 is 17.4 Å². The number of aromatic nitrogens is 2. The van der Waals surface area contributed by atoms with Gasteiger partial charge in [-0.05, 0) is 31.5 Å². The van der Waals surface area contributed by atoms with Gasteiger partial charge in [0.05, 0.1) is 6.20 Å². The molecule has 1 heterocycles. The maximum Gasteiger partial charge on any atom is 0.0530 e. The number of nitrogen functional groups attached to an aromatic ring is 1. The number of nitrogens with two attached hydrogens (primary N) is 1. The van der Waals surface area contributed by atoms with Gasteiger partial charge in [-0.25, -0.2) is 0 Å². The van der Waals surface area contributed by atoms with Crippen LogP contribution in [0.1, 0.15) is 18.1 Å². The van der Waals surface area contributed by atoms with Gasteiger partial charge in [0.15, 0.2) is 0 Å². The lowest BCUT2D eigenvalue weighted by Crippen LogP contribution is -1.92. The average molecular weight is 247 g/mol. The SMILES string of the molecule is CCn1cc(CSc2cccc(N)c2C)cn1. The van der Waals surface area contributed by atoms with Gasteiger partial charge in [0.1, 0.15) is 0 Å². The first-order valence-electron chi connectivity index (χ1n) is 5.70. The van der Waals surface area contributed by atoms with Crippen LogP contribution < -0.4 is 5.73 Å². The molecule has 0 amide bonds. The standard InChI is InChI=1S/C13H17N3S/c1-3-16-8-11(7-15-16)9-17-13-6-4-5-12(14)10(13)2/h4-8H,3,9,14H2,1-2H3. The number of anilines is 1. The molecule has 0 aliphatic heterocycles. The third-order valence-corrected chi connectivity index (χ3v) is 3.96. The number of thioether (sulfide) groups is 1. The fourth-order valence-corrected chi connectivity index (χ4v) is 2.58. The van der Waals surface area contributed by atoms with Gasteiger partial charge in [-0.2, -0.15) is 5.10 Å². The first-order valence-corrected chi connectivity index (χ1v) is 6.68. The van der Waals surface area contributed by atoms with Crippen LogP contribution in [0.25, 0.3) is 0 Å². The summed E-state index contributed by atoms with van der Waals surface area (Å²) in [5.74, 6) is 0.935. The molecule has 3 nitrogen and oxygen atoms in total. The van der Waals surface area contributed by atoms with Crippen LogP contribution >= 0.6 is 11.8 Å². The van der Waals surface area contributed by atoms with E-state index in [4.69, 9.17) is 5.73 Å². The average Bonchev–Trinajstić information content (AvgIpc) is 2.79. The molecule has 2 N–H and O–H groups in total. The summed E-state index contributed by atoms with van der Waals surface area (Å²) in [4.78, 5) is 1.24. The summed E-state index contributed by atoms with van der Waals surface area (Å²) in [5, 5.41) is 4.27. The van der Waals surface area contributed by atoms with Crippen molar-refractivity contribution in [3.63, 3.8) is 0 Å². The highest BCUT2D eigenvalue weighted by atomic mass is 32.2. The molecule has 0 saturated heterocycles. The van der Waals surface area contributed by atoms with Crippen molar-refractivity contribution in [1.29, 1.82) is 0 Å². The van der Waals surface area contributed by atoms with E-state index in [0.29, 0.717) is 0 Å². The molecular weight excluding hydrogens is 230 g/mol. The Hall–Kier alpha value is -1.42. The summed E-state index contributed by atoms with van der Waals surface area (Å²) in [7, 11) is 0. The number of aryl methyl sites for hydroxylation is 1. The highest BCUT2D eigenvalue weighted by Gasteiger charge is 2.03. The van der Waals surface area contributed by atoms with Crippen molar-refractivity contribution in [2.45, 2.75) is 31.0 Å². The Morgan fingerprint density at radius 1 is 1.41 bits per heavy atom. The monoisotopic (exact) mass is 247 g/mol. The fraction of sp³-hybridized carbons (Fsp3) is 0.308. The molecule has 0 unspecified atom stereocenters. The van der Waals surface area contributed by atoms with Crippen LogP contribution in [0.4, 0.5) is 5.69 Å². The molecular formula is C13H17N3S. The van der Waals surface area contributed by atoms with Gasteiger partial charge in [0.2, 0.25) is 0 Å². The quantitative estimate of drug-likeness (QED) is 0.667. The van der Waals surface area contributed by atoms with Gasteiger partial charge in [-0.3, -0.25) is 4.68 Å². The third kappa shape index (κ3) is 2.82. The molecule has 0 spiro atoms. The normalized spacial score (nSPS) is 10.7. The first kappa shape index (κ1) is 12.0. The van der Waals surface area contributed by atoms with Crippen LogP contribution in [0.5, 0.6) is 0 Å². The van der Waals surface area contributed by atoms with E-state index in [2.05, 4.69) is 31.2 Å². The van der Waals surface area contributed by atoms with Crippen LogP contribution in [-0.4, -0.2) is 9.78 Å². The number of benzene rings is 1. The lowest BCUT2D eigenvalue weighted by atomic mass is 10.2. The van der Waals surface area contributed by atoms with Gasteiger partial charge in [0, 0.05) is 34.6 Å². The zero-order chi connectivity index (χ0) is 12.3. The van der Waals surface area contributed by atoms with Gasteiger partial charge in [0.25, 0.3) is 0 Å². The second kappa shape index (κ2) is 5.27. The smallest absolute Gasteiger partial charge is 0.0530 e. The van der Waals surface area contributed by atoms with E-state index in [1.165, 1.54) is 16.0 Å². The van der Waals surface area contributed by atoms with E-state index in [9.17, 15) is 0 Å². The highest BCUT2D eigenvalue weighted by Crippen LogP contribution is 2.28. The maximum atomic E-state index is 5.89. The Balaban J connectivity index is 2.04. The van der Waals surface area contributed by atoms with E-state index in [0.717, 1.165) is 18.0 Å². The van der Waals surface area contributed by atoms with Crippen LogP contribution in [-0.2, 0) is 12.3 Å². The second-order valence-corrected chi connectivity index (χ2v) is 4.98. The van der Waals surface area contributed by atoms with Gasteiger partial charge in [-0.1, -0.05) is 6.07 Å². The van der Waals surface area contributed by atoms with E-state index in [1.807, 2.05) is 23.0 Å². The van der Waals surface area contributed by atoms with Crippen LogP contribution in [0.3, 0.4) is 0 Å². The molecule has 1 aromatic carbocycles. The van der Waals surface area contributed by atoms with Gasteiger partial charge < -0.3 is 5.73 Å². The summed E-state index contributed by atoms with van der Waals surface area (Å²) >= 11 is 1.80. The molecule has 0 atom stereocenters. The minimum atomic E-state index is 0.860. The third-order valence-electron chi connectivity index (χ3n) is 2.73. The van der Waals surface area contributed by atoms with Gasteiger partial charge >= 0.3 is 0 Å². The van der Waals surface area contributed by atoms with E-state index < -0.39 is 0 Å². The Morgan fingerprint density at radius 3 is 2.94 bits per heavy atom. The number of hydrogen-bond acceptors (Lipinski definition) is 3. The topological polar surface area (TPSA) is 43.8 Å². The maximum absolute atomic E-state index is 5.89.